The summed E-state index contributed by atoms with van der Waals surface area (Å²) in [6, 6.07) is 109. The van der Waals surface area contributed by atoms with Crippen LogP contribution in [-0.2, 0) is 0 Å². The van der Waals surface area contributed by atoms with Gasteiger partial charge in [0, 0.05) is 77.4 Å². The van der Waals surface area contributed by atoms with E-state index in [-0.39, 0.29) is 0 Å². The van der Waals surface area contributed by atoms with Gasteiger partial charge in [0.15, 0.2) is 0 Å². The van der Waals surface area contributed by atoms with E-state index >= 15 is 0 Å². The maximum atomic E-state index is 6.00. The summed E-state index contributed by atoms with van der Waals surface area (Å²) in [6.45, 7) is 0. The summed E-state index contributed by atoms with van der Waals surface area (Å²) in [4.78, 5) is 22.2. The minimum atomic E-state index is 0.478. The lowest BCUT2D eigenvalue weighted by Gasteiger charge is -2.25. The van der Waals surface area contributed by atoms with Gasteiger partial charge in [-0.1, -0.05) is 198 Å². The normalized spacial score (nSPS) is 10.8. The monoisotopic (exact) mass is 1270 g/mol. The Bertz CT molecular complexity index is 5090. The highest BCUT2D eigenvalue weighted by molar-refractivity contribution is 9.10. The van der Waals surface area contributed by atoms with Crippen molar-refractivity contribution in [2.75, 3.05) is 10.2 Å². The van der Waals surface area contributed by atoms with Gasteiger partial charge in [-0.05, 0) is 146 Å². The molecule has 0 atom stereocenters. The predicted molar refractivity (Wildman–Crippen MR) is 377 cm³/mol. The minimum Gasteiger partial charge on any atom is -0.416 e. The van der Waals surface area contributed by atoms with Crippen LogP contribution in [0.1, 0.15) is 0 Å². The van der Waals surface area contributed by atoms with E-state index in [0.29, 0.717) is 23.6 Å². The molecule has 0 fully saturated rings. The van der Waals surface area contributed by atoms with Crippen molar-refractivity contribution in [3.05, 3.63) is 332 Å². The Kier molecular flexibility index (Phi) is 17.3. The summed E-state index contributed by atoms with van der Waals surface area (Å²) in [7, 11) is 0. The number of nitrogens with one attached hydrogen (secondary N) is 1. The molecule has 0 unspecified atom stereocenters. The zero-order valence-corrected chi connectivity index (χ0v) is 51.5. The van der Waals surface area contributed by atoms with Crippen LogP contribution in [0.2, 0.25) is 0 Å². The molecular weight excluding hydrogens is 1210 g/mol. The molecule has 0 aliphatic carbocycles. The highest BCUT2D eigenvalue weighted by atomic mass is 79.9. The standard InChI is InChI=1S/C40H27N5O.C26H19N3.C14H9BrN2O/c1-4-12-28(13-5-1)37-38(42-36-19-11-10-18-35(36)41-37)29-20-24-33(25-21-29)45(32-16-8-3-9-17-32)34-26-22-31(23-27-34)40-44-43-39(46-40)30-14-6-2-7-15-30;1-3-9-19(10-4-1)25-26(29-24-14-8-7-13-23(24)28-25)20-15-17-22(18-16-20)27-21-11-5-2-6-12-21;15-12-8-6-11(7-9-12)14-17-16-13(18-14)10-4-2-1-3-5-10/h1-27H;1-18,27H;1-9H. The number of nitrogens with zero attached hydrogens (tertiary/aromatic N) is 9. The molecule has 0 bridgehead atoms. The van der Waals surface area contributed by atoms with E-state index in [9.17, 15) is 0 Å². The molecule has 0 aliphatic heterocycles. The Balaban J connectivity index is 0.000000135. The SMILES string of the molecule is Brc1ccc(-c2nnc(-c3ccccc3)o2)cc1.c1ccc(-c2nnc(-c3ccc(N(c4ccccc4)c4ccc(-c5nc6ccccc6nc5-c5ccccc5)cc4)cc3)o2)cc1.c1ccc(Nc2ccc(-c3nc4ccccc4nc3-c3ccccc3)cc2)cc1. The number of rotatable bonds is 13. The maximum Gasteiger partial charge on any atom is 0.248 e. The lowest BCUT2D eigenvalue weighted by atomic mass is 10.0. The fourth-order valence-electron chi connectivity index (χ4n) is 10.6. The molecule has 93 heavy (non-hydrogen) atoms. The van der Waals surface area contributed by atoms with E-state index in [1.165, 1.54) is 0 Å². The molecule has 12 nitrogen and oxygen atoms in total. The number of halogens is 1. The number of aromatic nitrogens is 8. The van der Waals surface area contributed by atoms with Crippen molar-refractivity contribution in [3.8, 4) is 90.8 Å². The molecule has 0 aliphatic rings. The zero-order valence-electron chi connectivity index (χ0n) is 49.9. The first-order chi connectivity index (χ1) is 46.0. The number of benzene rings is 12. The first kappa shape index (κ1) is 58.4. The van der Waals surface area contributed by atoms with Crippen LogP contribution in [0.25, 0.3) is 113 Å². The second-order valence-electron chi connectivity index (χ2n) is 21.4. The van der Waals surface area contributed by atoms with Gasteiger partial charge in [-0.3, -0.25) is 0 Å². The van der Waals surface area contributed by atoms with E-state index in [1.54, 1.807) is 0 Å². The van der Waals surface area contributed by atoms with E-state index in [1.807, 2.05) is 218 Å². The van der Waals surface area contributed by atoms with Crippen LogP contribution < -0.4 is 10.2 Å². The van der Waals surface area contributed by atoms with Gasteiger partial charge in [0.05, 0.1) is 44.8 Å². The molecule has 4 heterocycles. The number of para-hydroxylation sites is 6. The fraction of sp³-hybridized carbons (Fsp3) is 0. The molecule has 0 spiro atoms. The molecule has 0 amide bonds. The van der Waals surface area contributed by atoms with Crippen LogP contribution in [0.3, 0.4) is 0 Å². The Morgan fingerprint density at radius 1 is 0.237 bits per heavy atom. The van der Waals surface area contributed by atoms with Gasteiger partial charge in [0.25, 0.3) is 0 Å². The van der Waals surface area contributed by atoms with Crippen LogP contribution >= 0.6 is 15.9 Å². The van der Waals surface area contributed by atoms with Gasteiger partial charge in [0.1, 0.15) is 0 Å². The zero-order chi connectivity index (χ0) is 62.6. The largest absolute Gasteiger partial charge is 0.416 e. The molecule has 16 aromatic rings. The van der Waals surface area contributed by atoms with Crippen molar-refractivity contribution < 1.29 is 8.83 Å². The number of hydrogen-bond acceptors (Lipinski definition) is 12. The minimum absolute atomic E-state index is 0.478. The quantitative estimate of drug-likeness (QED) is 0.117. The van der Waals surface area contributed by atoms with Gasteiger partial charge in [0.2, 0.25) is 23.6 Å². The molecule has 444 valence electrons. The van der Waals surface area contributed by atoms with Crippen LogP contribution in [0, 0.1) is 0 Å². The topological polar surface area (TPSA) is 145 Å². The molecule has 13 heteroatoms. The number of anilines is 5. The molecule has 12 aromatic carbocycles. The lowest BCUT2D eigenvalue weighted by Crippen LogP contribution is -2.09. The maximum absolute atomic E-state index is 6.00. The molecular formula is C80H55BrN10O2. The summed E-state index contributed by atoms with van der Waals surface area (Å²) in [5.74, 6) is 2.04. The number of fused-ring (bicyclic) bond motifs is 2. The van der Waals surface area contributed by atoms with Gasteiger partial charge in [-0.15, -0.1) is 20.4 Å². The van der Waals surface area contributed by atoms with Gasteiger partial charge in [-0.25, -0.2) is 19.9 Å². The first-order valence-corrected chi connectivity index (χ1v) is 31.0. The van der Waals surface area contributed by atoms with Gasteiger partial charge >= 0.3 is 0 Å². The third kappa shape index (κ3) is 13.6. The van der Waals surface area contributed by atoms with Crippen LogP contribution in [0.15, 0.2) is 341 Å². The van der Waals surface area contributed by atoms with E-state index in [4.69, 9.17) is 28.8 Å². The second kappa shape index (κ2) is 27.6. The summed E-state index contributed by atoms with van der Waals surface area (Å²) >= 11 is 3.39. The molecule has 1 N–H and O–H groups in total. The lowest BCUT2D eigenvalue weighted by molar-refractivity contribution is 0.584. The average Bonchev–Trinajstić information content (AvgIpc) is 1.67. The Morgan fingerprint density at radius 3 is 0.849 bits per heavy atom. The number of hydrogen-bond donors (Lipinski definition) is 1. The average molecular weight is 1270 g/mol. The van der Waals surface area contributed by atoms with Crippen molar-refractivity contribution in [1.29, 1.82) is 0 Å². The summed E-state index contributed by atoms with van der Waals surface area (Å²) in [5, 5.41) is 20.1. The highest BCUT2D eigenvalue weighted by Crippen LogP contribution is 2.39. The first-order valence-electron chi connectivity index (χ1n) is 30.2. The van der Waals surface area contributed by atoms with E-state index in [0.717, 1.165) is 122 Å². The Labute approximate surface area is 545 Å². The summed E-state index contributed by atoms with van der Waals surface area (Å²) in [5.41, 5.74) is 19.9. The van der Waals surface area contributed by atoms with Crippen molar-refractivity contribution >= 4 is 66.4 Å². The van der Waals surface area contributed by atoms with Crippen molar-refractivity contribution in [2.24, 2.45) is 0 Å². The third-order valence-corrected chi connectivity index (χ3v) is 15.8. The second-order valence-corrected chi connectivity index (χ2v) is 22.4. The molecule has 16 rings (SSSR count). The van der Waals surface area contributed by atoms with Crippen LogP contribution in [0.4, 0.5) is 28.4 Å². The Morgan fingerprint density at radius 2 is 0.484 bits per heavy atom. The van der Waals surface area contributed by atoms with E-state index in [2.05, 4.69) is 156 Å². The summed E-state index contributed by atoms with van der Waals surface area (Å²) < 4.78 is 12.7. The third-order valence-electron chi connectivity index (χ3n) is 15.2. The summed E-state index contributed by atoms with van der Waals surface area (Å²) in [6.07, 6.45) is 0. The van der Waals surface area contributed by atoms with Crippen molar-refractivity contribution in [2.45, 2.75) is 0 Å². The smallest absolute Gasteiger partial charge is 0.248 e. The highest BCUT2D eigenvalue weighted by Gasteiger charge is 2.19. The fourth-order valence-corrected chi connectivity index (χ4v) is 10.9. The van der Waals surface area contributed by atoms with Gasteiger partial charge < -0.3 is 19.1 Å². The molecule has 0 saturated carbocycles. The van der Waals surface area contributed by atoms with Crippen molar-refractivity contribution in [3.63, 3.8) is 0 Å². The predicted octanol–water partition coefficient (Wildman–Crippen LogP) is 21.0. The molecule has 0 saturated heterocycles. The molecule has 4 aromatic heterocycles. The van der Waals surface area contributed by atoms with Crippen molar-refractivity contribution in [1.82, 2.24) is 40.3 Å². The van der Waals surface area contributed by atoms with Crippen LogP contribution in [0.5, 0.6) is 0 Å². The Hall–Kier alpha value is -12.3. The molecule has 0 radical (unpaired) electrons. The van der Waals surface area contributed by atoms with E-state index < -0.39 is 0 Å². The van der Waals surface area contributed by atoms with Gasteiger partial charge in [-0.2, -0.15) is 0 Å². The van der Waals surface area contributed by atoms with Crippen LogP contribution in [-0.4, -0.2) is 40.3 Å².